The lowest BCUT2D eigenvalue weighted by Gasteiger charge is -2.09. The average molecular weight is 389 g/mol. The molecule has 11 nitrogen and oxygen atoms in total. The molecular formula is C15H15N7O4S. The first kappa shape index (κ1) is 18.4. The Hall–Kier alpha value is -3.38. The smallest absolute Gasteiger partial charge is 0.270 e. The highest BCUT2D eigenvalue weighted by molar-refractivity contribution is 7.89. The minimum atomic E-state index is -3.86. The molecule has 12 heteroatoms. The number of nitrogens with one attached hydrogen (secondary N) is 2. The lowest BCUT2D eigenvalue weighted by atomic mass is 10.3. The summed E-state index contributed by atoms with van der Waals surface area (Å²) in [5.41, 5.74) is -0.290. The molecule has 0 bridgehead atoms. The van der Waals surface area contributed by atoms with Crippen molar-refractivity contribution in [2.45, 2.75) is 4.90 Å². The number of rotatable bonds is 8. The topological polar surface area (TPSA) is 145 Å². The van der Waals surface area contributed by atoms with Gasteiger partial charge in [0.25, 0.3) is 5.69 Å². The number of hydrogen-bond acceptors (Lipinski definition) is 8. The zero-order valence-electron chi connectivity index (χ0n) is 13.9. The van der Waals surface area contributed by atoms with Crippen LogP contribution < -0.4 is 10.0 Å². The maximum Gasteiger partial charge on any atom is 0.270 e. The zero-order chi connectivity index (χ0) is 19.3. The molecule has 140 valence electrons. The van der Waals surface area contributed by atoms with Gasteiger partial charge in [-0.25, -0.2) is 22.8 Å². The normalized spacial score (nSPS) is 11.3. The molecule has 1 aromatic carbocycles. The van der Waals surface area contributed by atoms with Crippen molar-refractivity contribution in [3.63, 3.8) is 0 Å². The van der Waals surface area contributed by atoms with Crippen molar-refractivity contribution in [3.05, 3.63) is 65.2 Å². The monoisotopic (exact) mass is 389 g/mol. The van der Waals surface area contributed by atoms with Crippen molar-refractivity contribution in [3.8, 4) is 5.82 Å². The SMILES string of the molecule is O=[N+]([O-])c1cccc(S(=O)(=O)NCCNc2cncc(-n3cccn3)n2)c1. The molecule has 0 radical (unpaired) electrons. The fraction of sp³-hybridized carbons (Fsp3) is 0.133. The first-order chi connectivity index (χ1) is 13.0. The summed E-state index contributed by atoms with van der Waals surface area (Å²) in [4.78, 5) is 18.3. The van der Waals surface area contributed by atoms with Crippen LogP contribution in [0.15, 0.2) is 60.0 Å². The lowest BCUT2D eigenvalue weighted by Crippen LogP contribution is -2.29. The highest BCUT2D eigenvalue weighted by atomic mass is 32.2. The minimum Gasteiger partial charge on any atom is -0.367 e. The van der Waals surface area contributed by atoms with Gasteiger partial charge in [0, 0.05) is 37.6 Å². The molecule has 3 aromatic rings. The van der Waals surface area contributed by atoms with Gasteiger partial charge in [-0.3, -0.25) is 15.1 Å². The van der Waals surface area contributed by atoms with Crippen molar-refractivity contribution in [1.82, 2.24) is 24.5 Å². The third kappa shape index (κ3) is 4.62. The Balaban J connectivity index is 1.58. The molecule has 27 heavy (non-hydrogen) atoms. The number of nitro benzene ring substituents is 1. The Morgan fingerprint density at radius 3 is 2.78 bits per heavy atom. The van der Waals surface area contributed by atoms with E-state index >= 15 is 0 Å². The molecule has 0 saturated heterocycles. The van der Waals surface area contributed by atoms with Crippen LogP contribution in [0.25, 0.3) is 5.82 Å². The summed E-state index contributed by atoms with van der Waals surface area (Å²) < 4.78 is 28.4. The van der Waals surface area contributed by atoms with Crippen LogP contribution in [-0.4, -0.2) is 46.2 Å². The molecule has 3 rings (SSSR count). The second kappa shape index (κ2) is 7.88. The number of nitrogens with zero attached hydrogens (tertiary/aromatic N) is 5. The third-order valence-electron chi connectivity index (χ3n) is 3.42. The van der Waals surface area contributed by atoms with Crippen LogP contribution in [0, 0.1) is 10.1 Å². The van der Waals surface area contributed by atoms with Gasteiger partial charge in [0.05, 0.1) is 22.2 Å². The van der Waals surface area contributed by atoms with Gasteiger partial charge in [-0.2, -0.15) is 5.10 Å². The van der Waals surface area contributed by atoms with Gasteiger partial charge in [0.2, 0.25) is 10.0 Å². The van der Waals surface area contributed by atoms with E-state index in [-0.39, 0.29) is 23.7 Å². The molecule has 0 unspecified atom stereocenters. The molecule has 0 amide bonds. The summed E-state index contributed by atoms with van der Waals surface area (Å²) >= 11 is 0. The Kier molecular flexibility index (Phi) is 5.38. The van der Waals surface area contributed by atoms with Crippen molar-refractivity contribution in [1.29, 1.82) is 0 Å². The first-order valence-electron chi connectivity index (χ1n) is 7.76. The lowest BCUT2D eigenvalue weighted by molar-refractivity contribution is -0.385. The van der Waals surface area contributed by atoms with E-state index in [0.717, 1.165) is 6.07 Å². The largest absolute Gasteiger partial charge is 0.367 e. The van der Waals surface area contributed by atoms with E-state index in [4.69, 9.17) is 0 Å². The molecule has 2 N–H and O–H groups in total. The van der Waals surface area contributed by atoms with Crippen LogP contribution >= 0.6 is 0 Å². The predicted octanol–water partition coefficient (Wildman–Crippen LogP) is 0.961. The summed E-state index contributed by atoms with van der Waals surface area (Å²) in [5.74, 6) is 0.972. The van der Waals surface area contributed by atoms with E-state index in [0.29, 0.717) is 11.6 Å². The molecule has 0 atom stereocenters. The van der Waals surface area contributed by atoms with E-state index < -0.39 is 14.9 Å². The summed E-state index contributed by atoms with van der Waals surface area (Å²) in [7, 11) is -3.86. The van der Waals surface area contributed by atoms with Crippen LogP contribution in [0.5, 0.6) is 0 Å². The fourth-order valence-corrected chi connectivity index (χ4v) is 3.25. The minimum absolute atomic E-state index is 0.0543. The third-order valence-corrected chi connectivity index (χ3v) is 4.88. The first-order valence-corrected chi connectivity index (χ1v) is 9.24. The standard InChI is InChI=1S/C15H15N7O4S/c23-22(24)12-3-1-4-13(9-12)27(25,26)19-7-6-17-14-10-16-11-15(20-14)21-8-2-5-18-21/h1-5,8-11,19H,6-7H2,(H,17,20). The molecule has 0 fully saturated rings. The maximum atomic E-state index is 12.2. The van der Waals surface area contributed by atoms with Gasteiger partial charge >= 0.3 is 0 Å². The van der Waals surface area contributed by atoms with Crippen molar-refractivity contribution < 1.29 is 13.3 Å². The van der Waals surface area contributed by atoms with Crippen LogP contribution in [-0.2, 0) is 10.0 Å². The van der Waals surface area contributed by atoms with Gasteiger partial charge in [-0.15, -0.1) is 0 Å². The van der Waals surface area contributed by atoms with E-state index in [1.165, 1.54) is 24.4 Å². The molecule has 0 spiro atoms. The zero-order valence-corrected chi connectivity index (χ0v) is 14.7. The second-order valence-corrected chi connectivity index (χ2v) is 7.06. The number of sulfonamides is 1. The van der Waals surface area contributed by atoms with Crippen molar-refractivity contribution in [2.75, 3.05) is 18.4 Å². The number of anilines is 1. The number of hydrogen-bond donors (Lipinski definition) is 2. The van der Waals surface area contributed by atoms with Gasteiger partial charge in [0.1, 0.15) is 5.82 Å². The van der Waals surface area contributed by atoms with Gasteiger partial charge in [-0.05, 0) is 12.1 Å². The Bertz CT molecular complexity index is 1040. The molecule has 0 saturated carbocycles. The number of benzene rings is 1. The fourth-order valence-electron chi connectivity index (χ4n) is 2.18. The average Bonchev–Trinajstić information content (AvgIpc) is 3.20. The molecule has 2 aromatic heterocycles. The summed E-state index contributed by atoms with van der Waals surface area (Å²) in [5, 5.41) is 17.8. The van der Waals surface area contributed by atoms with E-state index in [1.807, 2.05) is 0 Å². The summed E-state index contributed by atoms with van der Waals surface area (Å²) in [6.45, 7) is 0.296. The maximum absolute atomic E-state index is 12.2. The van der Waals surface area contributed by atoms with E-state index in [2.05, 4.69) is 25.1 Å². The molecule has 0 aliphatic rings. The quantitative estimate of drug-likeness (QED) is 0.329. The van der Waals surface area contributed by atoms with Crippen molar-refractivity contribution in [2.24, 2.45) is 0 Å². The second-order valence-electron chi connectivity index (χ2n) is 5.29. The number of aromatic nitrogens is 4. The molecule has 2 heterocycles. The molecule has 0 aliphatic heterocycles. The van der Waals surface area contributed by atoms with Crippen LogP contribution in [0.4, 0.5) is 11.5 Å². The van der Waals surface area contributed by atoms with E-state index in [9.17, 15) is 18.5 Å². The van der Waals surface area contributed by atoms with Crippen LogP contribution in [0.3, 0.4) is 0 Å². The van der Waals surface area contributed by atoms with E-state index in [1.54, 1.807) is 29.3 Å². The summed E-state index contributed by atoms with van der Waals surface area (Å²) in [6, 6.07) is 6.61. The molecular weight excluding hydrogens is 374 g/mol. The Morgan fingerprint density at radius 1 is 1.19 bits per heavy atom. The highest BCUT2D eigenvalue weighted by Crippen LogP contribution is 2.16. The summed E-state index contributed by atoms with van der Waals surface area (Å²) in [6.07, 6.45) is 6.39. The van der Waals surface area contributed by atoms with Crippen LogP contribution in [0.1, 0.15) is 0 Å². The highest BCUT2D eigenvalue weighted by Gasteiger charge is 2.17. The van der Waals surface area contributed by atoms with Gasteiger partial charge in [-0.1, -0.05) is 6.07 Å². The van der Waals surface area contributed by atoms with Gasteiger partial charge < -0.3 is 5.32 Å². The Labute approximate surface area is 154 Å². The van der Waals surface area contributed by atoms with Crippen molar-refractivity contribution >= 4 is 21.5 Å². The number of non-ortho nitro benzene ring substituents is 1. The van der Waals surface area contributed by atoms with Crippen LogP contribution in [0.2, 0.25) is 0 Å². The number of nitro groups is 1. The van der Waals surface area contributed by atoms with Gasteiger partial charge in [0.15, 0.2) is 5.82 Å². The Morgan fingerprint density at radius 2 is 2.04 bits per heavy atom. The molecule has 0 aliphatic carbocycles. The predicted molar refractivity (Wildman–Crippen MR) is 95.9 cm³/mol.